The zero-order valence-electron chi connectivity index (χ0n) is 12.1. The largest absolute Gasteiger partial charge is 0.362 e. The van der Waals surface area contributed by atoms with Crippen LogP contribution in [0.25, 0.3) is 0 Å². The summed E-state index contributed by atoms with van der Waals surface area (Å²) in [6.45, 7) is 4.06. The van der Waals surface area contributed by atoms with E-state index in [2.05, 4.69) is 17.6 Å². The molecule has 2 N–H and O–H groups in total. The molecule has 0 aromatic heterocycles. The van der Waals surface area contributed by atoms with E-state index in [0.717, 1.165) is 25.8 Å². The number of hydrogen-bond acceptors (Lipinski definition) is 3. The lowest BCUT2D eigenvalue weighted by Gasteiger charge is -2.16. The van der Waals surface area contributed by atoms with Crippen molar-refractivity contribution < 1.29 is 8.42 Å². The molecule has 116 valence electrons. The smallest absolute Gasteiger partial charge is 0.243 e. The molecule has 0 radical (unpaired) electrons. The van der Waals surface area contributed by atoms with Gasteiger partial charge in [-0.15, -0.1) is 0 Å². The van der Waals surface area contributed by atoms with Gasteiger partial charge >= 0.3 is 0 Å². The molecule has 21 heavy (non-hydrogen) atoms. The van der Waals surface area contributed by atoms with Crippen LogP contribution < -0.4 is 10.6 Å². The van der Waals surface area contributed by atoms with Crippen LogP contribution in [0, 0.1) is 0 Å². The summed E-state index contributed by atoms with van der Waals surface area (Å²) in [6.07, 6.45) is 2.84. The molecule has 0 spiro atoms. The highest BCUT2D eigenvalue weighted by atomic mass is 32.2. The maximum absolute atomic E-state index is 12.5. The number of nitrogens with zero attached hydrogens (tertiary/aromatic N) is 1. The van der Waals surface area contributed by atoms with Crippen molar-refractivity contribution in [2.75, 3.05) is 25.0 Å². The van der Waals surface area contributed by atoms with Gasteiger partial charge in [-0.25, -0.2) is 8.42 Å². The summed E-state index contributed by atoms with van der Waals surface area (Å²) >= 11 is 5.16. The summed E-state index contributed by atoms with van der Waals surface area (Å²) in [5.41, 5.74) is 0.684. The maximum Gasteiger partial charge on any atom is 0.243 e. The van der Waals surface area contributed by atoms with E-state index in [-0.39, 0.29) is 0 Å². The Bertz CT molecular complexity index is 596. The highest BCUT2D eigenvalue weighted by Gasteiger charge is 2.27. The second-order valence-corrected chi connectivity index (χ2v) is 7.37. The third kappa shape index (κ3) is 4.15. The van der Waals surface area contributed by atoms with Crippen LogP contribution >= 0.6 is 12.2 Å². The number of thiocarbonyl (C=S) groups is 1. The highest BCUT2D eigenvalue weighted by molar-refractivity contribution is 7.89. The number of rotatable bonds is 5. The molecule has 1 aliphatic rings. The molecule has 0 unspecified atom stereocenters. The Balaban J connectivity index is 2.12. The number of benzene rings is 1. The summed E-state index contributed by atoms with van der Waals surface area (Å²) in [4.78, 5) is 0.313. The lowest BCUT2D eigenvalue weighted by molar-refractivity contribution is 0.477. The fourth-order valence-corrected chi connectivity index (χ4v) is 4.01. The van der Waals surface area contributed by atoms with Crippen molar-refractivity contribution in [1.82, 2.24) is 9.62 Å². The van der Waals surface area contributed by atoms with Crippen molar-refractivity contribution in [2.24, 2.45) is 0 Å². The molecule has 1 fully saturated rings. The first kappa shape index (κ1) is 16.2. The quantitative estimate of drug-likeness (QED) is 0.812. The fourth-order valence-electron chi connectivity index (χ4n) is 2.23. The molecule has 1 heterocycles. The zero-order chi connectivity index (χ0) is 15.3. The van der Waals surface area contributed by atoms with Gasteiger partial charge < -0.3 is 10.6 Å². The van der Waals surface area contributed by atoms with E-state index >= 15 is 0 Å². The zero-order valence-corrected chi connectivity index (χ0v) is 13.8. The summed E-state index contributed by atoms with van der Waals surface area (Å²) in [5, 5.41) is 6.58. The summed E-state index contributed by atoms with van der Waals surface area (Å²) in [6, 6.07) is 6.80. The van der Waals surface area contributed by atoms with Gasteiger partial charge in [0.15, 0.2) is 5.11 Å². The average Bonchev–Trinajstić information content (AvgIpc) is 3.00. The van der Waals surface area contributed by atoms with Gasteiger partial charge in [0, 0.05) is 25.3 Å². The topological polar surface area (TPSA) is 61.4 Å². The van der Waals surface area contributed by atoms with Gasteiger partial charge in [-0.3, -0.25) is 0 Å². The van der Waals surface area contributed by atoms with Crippen LogP contribution in [0.15, 0.2) is 29.2 Å². The summed E-state index contributed by atoms with van der Waals surface area (Å²) in [7, 11) is -3.38. The Morgan fingerprint density at radius 3 is 2.71 bits per heavy atom. The monoisotopic (exact) mass is 327 g/mol. The number of nitrogens with one attached hydrogen (secondary N) is 2. The van der Waals surface area contributed by atoms with Crippen LogP contribution in [-0.4, -0.2) is 37.5 Å². The molecular formula is C14H21N3O2S2. The van der Waals surface area contributed by atoms with E-state index in [1.54, 1.807) is 22.5 Å². The lowest BCUT2D eigenvalue weighted by atomic mass is 10.3. The Morgan fingerprint density at radius 1 is 1.33 bits per heavy atom. The second-order valence-electron chi connectivity index (χ2n) is 5.02. The first-order valence-electron chi connectivity index (χ1n) is 7.19. The number of hydrogen-bond donors (Lipinski definition) is 2. The molecule has 0 saturated carbocycles. The van der Waals surface area contributed by atoms with Gasteiger partial charge in [0.2, 0.25) is 10.0 Å². The van der Waals surface area contributed by atoms with Crippen LogP contribution in [0.5, 0.6) is 0 Å². The van der Waals surface area contributed by atoms with Gasteiger partial charge in [-0.05, 0) is 49.7 Å². The Labute approximate surface area is 131 Å². The molecule has 0 amide bonds. The SMILES string of the molecule is CCCNC(=S)Nc1cccc(S(=O)(=O)N2CCCC2)c1. The molecule has 0 atom stereocenters. The molecule has 1 aliphatic heterocycles. The molecule has 1 saturated heterocycles. The normalized spacial score (nSPS) is 15.9. The van der Waals surface area contributed by atoms with Gasteiger partial charge in [0.05, 0.1) is 4.90 Å². The van der Waals surface area contributed by atoms with Crippen LogP contribution in [0.2, 0.25) is 0 Å². The third-order valence-electron chi connectivity index (χ3n) is 3.33. The van der Waals surface area contributed by atoms with Crippen molar-refractivity contribution in [3.63, 3.8) is 0 Å². The van der Waals surface area contributed by atoms with Crippen molar-refractivity contribution in [3.05, 3.63) is 24.3 Å². The van der Waals surface area contributed by atoms with Gasteiger partial charge in [0.25, 0.3) is 0 Å². The van der Waals surface area contributed by atoms with E-state index in [9.17, 15) is 8.42 Å². The standard InChI is InChI=1S/C14H21N3O2S2/c1-2-8-15-14(20)16-12-6-5-7-13(11-12)21(18,19)17-9-3-4-10-17/h5-7,11H,2-4,8-10H2,1H3,(H2,15,16,20). The highest BCUT2D eigenvalue weighted by Crippen LogP contribution is 2.23. The van der Waals surface area contributed by atoms with Crippen LogP contribution in [-0.2, 0) is 10.0 Å². The van der Waals surface area contributed by atoms with E-state index in [1.807, 2.05) is 6.07 Å². The minimum absolute atomic E-state index is 0.313. The Hall–Kier alpha value is -1.18. The maximum atomic E-state index is 12.5. The van der Waals surface area contributed by atoms with E-state index in [0.29, 0.717) is 28.8 Å². The Kier molecular flexibility index (Phi) is 5.55. The second kappa shape index (κ2) is 7.20. The van der Waals surface area contributed by atoms with Crippen LogP contribution in [0.4, 0.5) is 5.69 Å². The van der Waals surface area contributed by atoms with Crippen LogP contribution in [0.3, 0.4) is 0 Å². The van der Waals surface area contributed by atoms with Crippen molar-refractivity contribution in [1.29, 1.82) is 0 Å². The minimum atomic E-state index is -3.38. The third-order valence-corrected chi connectivity index (χ3v) is 5.47. The average molecular weight is 327 g/mol. The summed E-state index contributed by atoms with van der Waals surface area (Å²) < 4.78 is 26.5. The molecule has 0 bridgehead atoms. The predicted octanol–water partition coefficient (Wildman–Crippen LogP) is 2.17. The van der Waals surface area contributed by atoms with E-state index in [1.165, 1.54) is 0 Å². The Morgan fingerprint density at radius 2 is 2.05 bits per heavy atom. The van der Waals surface area contributed by atoms with E-state index in [4.69, 9.17) is 12.2 Å². The van der Waals surface area contributed by atoms with E-state index < -0.39 is 10.0 Å². The molecular weight excluding hydrogens is 306 g/mol. The van der Waals surface area contributed by atoms with Gasteiger partial charge in [-0.1, -0.05) is 13.0 Å². The van der Waals surface area contributed by atoms with Crippen molar-refractivity contribution in [2.45, 2.75) is 31.1 Å². The molecule has 1 aromatic rings. The first-order valence-corrected chi connectivity index (χ1v) is 9.04. The molecule has 0 aliphatic carbocycles. The van der Waals surface area contributed by atoms with Gasteiger partial charge in [-0.2, -0.15) is 4.31 Å². The predicted molar refractivity (Wildman–Crippen MR) is 88.9 cm³/mol. The number of anilines is 1. The summed E-state index contributed by atoms with van der Waals surface area (Å²) in [5.74, 6) is 0. The molecule has 7 heteroatoms. The fraction of sp³-hybridized carbons (Fsp3) is 0.500. The van der Waals surface area contributed by atoms with Crippen LogP contribution in [0.1, 0.15) is 26.2 Å². The number of sulfonamides is 1. The molecule has 1 aromatic carbocycles. The first-order chi connectivity index (χ1) is 10.0. The molecule has 5 nitrogen and oxygen atoms in total. The van der Waals surface area contributed by atoms with Gasteiger partial charge in [0.1, 0.15) is 0 Å². The minimum Gasteiger partial charge on any atom is -0.362 e. The van der Waals surface area contributed by atoms with Crippen molar-refractivity contribution >= 4 is 33.0 Å². The molecule has 2 rings (SSSR count). The van der Waals surface area contributed by atoms with Crippen molar-refractivity contribution in [3.8, 4) is 0 Å². The lowest BCUT2D eigenvalue weighted by Crippen LogP contribution is -2.29.